The maximum atomic E-state index is 12.3. The molecule has 0 bridgehead atoms. The van der Waals surface area contributed by atoms with Gasteiger partial charge >= 0.3 is 12.1 Å². The van der Waals surface area contributed by atoms with Crippen LogP contribution in [0.25, 0.3) is 0 Å². The van der Waals surface area contributed by atoms with Crippen molar-refractivity contribution < 1.29 is 23.8 Å². The molecule has 1 amide bonds. The summed E-state index contributed by atoms with van der Waals surface area (Å²) in [5.41, 5.74) is -0.261. The maximum Gasteiger partial charge on any atom is 0.410 e. The van der Waals surface area contributed by atoms with Crippen molar-refractivity contribution in [2.75, 3.05) is 13.2 Å². The van der Waals surface area contributed by atoms with Crippen LogP contribution in [0, 0.1) is 0 Å². The molecule has 7 heteroatoms. The Morgan fingerprint density at radius 2 is 2.08 bits per heavy atom. The van der Waals surface area contributed by atoms with E-state index in [1.165, 1.54) is 0 Å². The van der Waals surface area contributed by atoms with Gasteiger partial charge in [0.05, 0.1) is 12.1 Å². The third-order valence-electron chi connectivity index (χ3n) is 3.75. The third-order valence-corrected chi connectivity index (χ3v) is 3.75. The van der Waals surface area contributed by atoms with Crippen molar-refractivity contribution in [1.29, 1.82) is 0 Å². The highest BCUT2D eigenvalue weighted by Crippen LogP contribution is 2.23. The fourth-order valence-electron chi connectivity index (χ4n) is 2.68. The van der Waals surface area contributed by atoms with Gasteiger partial charge in [-0.2, -0.15) is 0 Å². The van der Waals surface area contributed by atoms with Gasteiger partial charge in [-0.1, -0.05) is 0 Å². The number of ether oxygens (including phenoxy) is 3. The molecule has 1 aromatic rings. The van der Waals surface area contributed by atoms with Crippen molar-refractivity contribution in [1.82, 2.24) is 9.88 Å². The summed E-state index contributed by atoms with van der Waals surface area (Å²) in [6, 6.07) is 3.17. The number of amides is 1. The average molecular weight is 364 g/mol. The second kappa shape index (κ2) is 8.38. The Labute approximate surface area is 154 Å². The number of hydrogen-bond acceptors (Lipinski definition) is 6. The molecule has 2 heterocycles. The first-order valence-electron chi connectivity index (χ1n) is 8.96. The van der Waals surface area contributed by atoms with Gasteiger partial charge in [-0.15, -0.1) is 0 Å². The van der Waals surface area contributed by atoms with E-state index in [0.29, 0.717) is 6.54 Å². The van der Waals surface area contributed by atoms with E-state index in [9.17, 15) is 9.59 Å². The maximum absolute atomic E-state index is 12.3. The van der Waals surface area contributed by atoms with Crippen molar-refractivity contribution in [2.45, 2.75) is 65.2 Å². The van der Waals surface area contributed by atoms with Crippen LogP contribution in [-0.4, -0.2) is 52.8 Å². The minimum Gasteiger partial charge on any atom is -0.475 e. The van der Waals surface area contributed by atoms with E-state index in [4.69, 9.17) is 14.2 Å². The van der Waals surface area contributed by atoms with Crippen LogP contribution in [0.1, 0.15) is 57.8 Å². The number of nitrogens with zero attached hydrogens (tertiary/aromatic N) is 2. The van der Waals surface area contributed by atoms with Crippen LogP contribution in [0.4, 0.5) is 4.79 Å². The first-order valence-corrected chi connectivity index (χ1v) is 8.96. The molecule has 0 N–H and O–H groups in total. The minimum atomic E-state index is -0.542. The standard InChI is InChI=1S/C19H28N2O5/c1-13(2)25-17(22)15-9-6-10-20-16(15)24-12-14-8-7-11-21(14)18(23)26-19(3,4)5/h6,9-10,13-14H,7-8,11-12H2,1-5H3. The molecule has 0 aromatic carbocycles. The van der Waals surface area contributed by atoms with Gasteiger partial charge in [0.2, 0.25) is 5.88 Å². The monoisotopic (exact) mass is 364 g/mol. The summed E-state index contributed by atoms with van der Waals surface area (Å²) < 4.78 is 16.4. The van der Waals surface area contributed by atoms with Gasteiger partial charge in [-0.3, -0.25) is 0 Å². The molecule has 144 valence electrons. The summed E-state index contributed by atoms with van der Waals surface area (Å²) in [5.74, 6) is -0.257. The van der Waals surface area contributed by atoms with E-state index in [1.54, 1.807) is 37.1 Å². The second-order valence-electron chi connectivity index (χ2n) is 7.59. The van der Waals surface area contributed by atoms with Gasteiger partial charge in [0.25, 0.3) is 0 Å². The van der Waals surface area contributed by atoms with Crippen LogP contribution in [0.2, 0.25) is 0 Å². The zero-order valence-corrected chi connectivity index (χ0v) is 16.2. The number of pyridine rings is 1. The third kappa shape index (κ3) is 5.61. The molecule has 7 nitrogen and oxygen atoms in total. The normalized spacial score (nSPS) is 17.3. The zero-order valence-electron chi connectivity index (χ0n) is 16.2. The highest BCUT2D eigenvalue weighted by molar-refractivity contribution is 5.91. The lowest BCUT2D eigenvalue weighted by molar-refractivity contribution is 0.0181. The summed E-state index contributed by atoms with van der Waals surface area (Å²) in [4.78, 5) is 30.3. The van der Waals surface area contributed by atoms with Crippen molar-refractivity contribution in [3.05, 3.63) is 23.9 Å². The summed E-state index contributed by atoms with van der Waals surface area (Å²) in [5, 5.41) is 0. The number of aromatic nitrogens is 1. The van der Waals surface area contributed by atoms with Gasteiger partial charge in [-0.05, 0) is 59.6 Å². The summed E-state index contributed by atoms with van der Waals surface area (Å²) >= 11 is 0. The lowest BCUT2D eigenvalue weighted by atomic mass is 10.2. The number of carbonyl (C=O) groups excluding carboxylic acids is 2. The fraction of sp³-hybridized carbons (Fsp3) is 0.632. The Balaban J connectivity index is 2.02. The molecular weight excluding hydrogens is 336 g/mol. The quantitative estimate of drug-likeness (QED) is 0.745. The van der Waals surface area contributed by atoms with Crippen LogP contribution < -0.4 is 4.74 Å². The average Bonchev–Trinajstić information content (AvgIpc) is 2.99. The molecule has 26 heavy (non-hydrogen) atoms. The van der Waals surface area contributed by atoms with Gasteiger partial charge in [0, 0.05) is 12.7 Å². The molecule has 1 aliphatic rings. The van der Waals surface area contributed by atoms with E-state index in [0.717, 1.165) is 12.8 Å². The molecule has 0 radical (unpaired) electrons. The predicted molar refractivity (Wildman–Crippen MR) is 96.2 cm³/mol. The number of likely N-dealkylation sites (tertiary alicyclic amines) is 1. The van der Waals surface area contributed by atoms with E-state index in [2.05, 4.69) is 4.98 Å². The van der Waals surface area contributed by atoms with Crippen molar-refractivity contribution >= 4 is 12.1 Å². The molecule has 0 aliphatic carbocycles. The largest absolute Gasteiger partial charge is 0.475 e. The lowest BCUT2D eigenvalue weighted by Crippen LogP contribution is -2.42. The molecular formula is C19H28N2O5. The summed E-state index contributed by atoms with van der Waals surface area (Å²) in [6.45, 7) is 9.97. The number of carbonyl (C=O) groups is 2. The minimum absolute atomic E-state index is 0.110. The first kappa shape index (κ1) is 20.0. The van der Waals surface area contributed by atoms with Crippen molar-refractivity contribution in [3.8, 4) is 5.88 Å². The van der Waals surface area contributed by atoms with Crippen LogP contribution in [-0.2, 0) is 9.47 Å². The lowest BCUT2D eigenvalue weighted by Gasteiger charge is -2.28. The second-order valence-corrected chi connectivity index (χ2v) is 7.59. The van der Waals surface area contributed by atoms with Gasteiger partial charge in [0.1, 0.15) is 17.8 Å². The van der Waals surface area contributed by atoms with Crippen LogP contribution >= 0.6 is 0 Å². The Bertz CT molecular complexity index is 639. The Morgan fingerprint density at radius 1 is 1.35 bits per heavy atom. The molecule has 1 atom stereocenters. The number of rotatable bonds is 5. The molecule has 1 fully saturated rings. The van der Waals surface area contributed by atoms with E-state index >= 15 is 0 Å². The molecule has 1 saturated heterocycles. The summed E-state index contributed by atoms with van der Waals surface area (Å²) in [7, 11) is 0. The molecule has 1 aromatic heterocycles. The number of esters is 1. The van der Waals surface area contributed by atoms with Crippen LogP contribution in [0.15, 0.2) is 18.3 Å². The van der Waals surface area contributed by atoms with Gasteiger partial charge in [-0.25, -0.2) is 14.6 Å². The molecule has 1 aliphatic heterocycles. The summed E-state index contributed by atoms with van der Waals surface area (Å²) in [6.07, 6.45) is 2.69. The highest BCUT2D eigenvalue weighted by Gasteiger charge is 2.33. The highest BCUT2D eigenvalue weighted by atomic mass is 16.6. The fourth-order valence-corrected chi connectivity index (χ4v) is 2.68. The molecule has 0 saturated carbocycles. The topological polar surface area (TPSA) is 78.0 Å². The smallest absolute Gasteiger partial charge is 0.410 e. The van der Waals surface area contributed by atoms with Crippen molar-refractivity contribution in [2.24, 2.45) is 0 Å². The van der Waals surface area contributed by atoms with Crippen LogP contribution in [0.3, 0.4) is 0 Å². The Morgan fingerprint density at radius 3 is 2.73 bits per heavy atom. The Kier molecular flexibility index (Phi) is 6.45. The SMILES string of the molecule is CC(C)OC(=O)c1cccnc1OCC1CCCN1C(=O)OC(C)(C)C. The first-order chi connectivity index (χ1) is 12.2. The number of hydrogen-bond donors (Lipinski definition) is 0. The van der Waals surface area contributed by atoms with E-state index in [-0.39, 0.29) is 36.3 Å². The van der Waals surface area contributed by atoms with E-state index < -0.39 is 11.6 Å². The molecule has 1 unspecified atom stereocenters. The van der Waals surface area contributed by atoms with Gasteiger partial charge < -0.3 is 19.1 Å². The van der Waals surface area contributed by atoms with E-state index in [1.807, 2.05) is 20.8 Å². The predicted octanol–water partition coefficient (Wildman–Crippen LogP) is 3.43. The Hall–Kier alpha value is -2.31. The van der Waals surface area contributed by atoms with Crippen LogP contribution in [0.5, 0.6) is 5.88 Å². The molecule has 0 spiro atoms. The zero-order chi connectivity index (χ0) is 19.3. The molecule has 2 rings (SSSR count). The van der Waals surface area contributed by atoms with Gasteiger partial charge in [0.15, 0.2) is 0 Å². The van der Waals surface area contributed by atoms with Crippen molar-refractivity contribution in [3.63, 3.8) is 0 Å².